The molecule has 1 aromatic heterocycles. The van der Waals surface area contributed by atoms with E-state index < -0.39 is 0 Å². The number of phenols is 1. The minimum Gasteiger partial charge on any atom is -0.508 e. The first-order valence-corrected chi connectivity index (χ1v) is 8.31. The third kappa shape index (κ3) is 4.10. The molecule has 0 spiro atoms. The molecule has 26 heavy (non-hydrogen) atoms. The van der Waals surface area contributed by atoms with E-state index in [2.05, 4.69) is 15.6 Å². The Balaban J connectivity index is 1.70. The van der Waals surface area contributed by atoms with Crippen molar-refractivity contribution in [3.63, 3.8) is 0 Å². The number of amides is 1. The second kappa shape index (κ2) is 7.84. The quantitative estimate of drug-likeness (QED) is 0.535. The van der Waals surface area contributed by atoms with Gasteiger partial charge in [-0.15, -0.1) is 0 Å². The van der Waals surface area contributed by atoms with Crippen LogP contribution < -0.4 is 5.43 Å². The lowest BCUT2D eigenvalue weighted by Gasteiger charge is -2.03. The van der Waals surface area contributed by atoms with Crippen molar-refractivity contribution in [3.8, 4) is 5.75 Å². The van der Waals surface area contributed by atoms with E-state index in [-0.39, 0.29) is 11.7 Å². The maximum atomic E-state index is 12.0. The first-order chi connectivity index (χ1) is 12.5. The Labute approximate surface area is 155 Å². The summed E-state index contributed by atoms with van der Waals surface area (Å²) < 4.78 is 1.69. The van der Waals surface area contributed by atoms with Crippen LogP contribution in [0.4, 0.5) is 0 Å². The molecule has 0 unspecified atom stereocenters. The molecular weight excluding hydrogens is 352 g/mol. The summed E-state index contributed by atoms with van der Waals surface area (Å²) in [6.45, 7) is 2.38. The molecule has 0 aliphatic heterocycles. The van der Waals surface area contributed by atoms with Gasteiger partial charge in [-0.2, -0.15) is 10.2 Å². The molecule has 3 aromatic rings. The number of phenolic OH excluding ortho intramolecular Hbond substituents is 1. The third-order valence-corrected chi connectivity index (χ3v) is 4.17. The Kier molecular flexibility index (Phi) is 5.34. The molecule has 0 radical (unpaired) electrons. The van der Waals surface area contributed by atoms with E-state index in [1.165, 1.54) is 30.5 Å². The largest absolute Gasteiger partial charge is 0.508 e. The smallest absolute Gasteiger partial charge is 0.271 e. The van der Waals surface area contributed by atoms with Gasteiger partial charge in [-0.3, -0.25) is 4.79 Å². The zero-order chi connectivity index (χ0) is 18.5. The zero-order valence-electron chi connectivity index (χ0n) is 14.1. The topological polar surface area (TPSA) is 79.5 Å². The minimum atomic E-state index is -0.383. The Bertz CT molecular complexity index is 934. The molecule has 2 N–H and O–H groups in total. The number of hydrazone groups is 1. The Hall–Kier alpha value is -3.12. The van der Waals surface area contributed by atoms with Crippen LogP contribution in [0.25, 0.3) is 0 Å². The number of rotatable bonds is 5. The average molecular weight is 369 g/mol. The fourth-order valence-corrected chi connectivity index (χ4v) is 2.69. The van der Waals surface area contributed by atoms with Gasteiger partial charge in [0, 0.05) is 5.56 Å². The van der Waals surface area contributed by atoms with Crippen LogP contribution in [0, 0.1) is 6.92 Å². The van der Waals surface area contributed by atoms with Crippen LogP contribution in [-0.4, -0.2) is 27.0 Å². The molecule has 132 valence electrons. The molecule has 0 aliphatic rings. The Morgan fingerprint density at radius 3 is 2.62 bits per heavy atom. The van der Waals surface area contributed by atoms with Crippen molar-refractivity contribution in [2.45, 2.75) is 13.5 Å². The SMILES string of the molecule is Cc1nn(Cc2ccccc2)c(Cl)c1/C=N/NC(=O)c1ccc(O)cc1. The van der Waals surface area contributed by atoms with E-state index in [9.17, 15) is 9.90 Å². The van der Waals surface area contributed by atoms with Gasteiger partial charge in [-0.05, 0) is 36.8 Å². The summed E-state index contributed by atoms with van der Waals surface area (Å²) in [4.78, 5) is 12.0. The van der Waals surface area contributed by atoms with Crippen LogP contribution in [-0.2, 0) is 6.54 Å². The van der Waals surface area contributed by atoms with Crippen LogP contribution in [0.15, 0.2) is 59.7 Å². The van der Waals surface area contributed by atoms with Gasteiger partial charge in [0.15, 0.2) is 0 Å². The van der Waals surface area contributed by atoms with Crippen molar-refractivity contribution in [1.29, 1.82) is 0 Å². The zero-order valence-corrected chi connectivity index (χ0v) is 14.8. The lowest BCUT2D eigenvalue weighted by atomic mass is 10.2. The summed E-state index contributed by atoms with van der Waals surface area (Å²) in [6.07, 6.45) is 1.48. The molecule has 0 saturated carbocycles. The van der Waals surface area contributed by atoms with E-state index in [1.54, 1.807) is 4.68 Å². The van der Waals surface area contributed by atoms with Crippen molar-refractivity contribution in [2.75, 3.05) is 0 Å². The number of carbonyl (C=O) groups excluding carboxylic acids is 1. The summed E-state index contributed by atoms with van der Waals surface area (Å²) in [7, 11) is 0. The van der Waals surface area contributed by atoms with Crippen molar-refractivity contribution < 1.29 is 9.90 Å². The highest BCUT2D eigenvalue weighted by molar-refractivity contribution is 6.32. The summed E-state index contributed by atoms with van der Waals surface area (Å²) in [5, 5.41) is 18.1. The maximum Gasteiger partial charge on any atom is 0.271 e. The van der Waals surface area contributed by atoms with Crippen LogP contribution in [0.3, 0.4) is 0 Å². The van der Waals surface area contributed by atoms with Gasteiger partial charge < -0.3 is 5.11 Å². The Morgan fingerprint density at radius 2 is 1.92 bits per heavy atom. The number of aromatic nitrogens is 2. The summed E-state index contributed by atoms with van der Waals surface area (Å²) in [6, 6.07) is 15.8. The second-order valence-corrected chi connectivity index (χ2v) is 6.04. The first kappa shape index (κ1) is 17.7. The predicted molar refractivity (Wildman–Crippen MR) is 101 cm³/mol. The molecular formula is C19H17ClN4O2. The van der Waals surface area contributed by atoms with Crippen LogP contribution in [0.5, 0.6) is 5.75 Å². The lowest BCUT2D eigenvalue weighted by molar-refractivity contribution is 0.0955. The second-order valence-electron chi connectivity index (χ2n) is 5.68. The predicted octanol–water partition coefficient (Wildman–Crippen LogP) is 3.36. The molecule has 3 rings (SSSR count). The number of benzene rings is 2. The van der Waals surface area contributed by atoms with Crippen molar-refractivity contribution >= 4 is 23.7 Å². The van der Waals surface area contributed by atoms with Crippen LogP contribution in [0.2, 0.25) is 5.15 Å². The molecule has 0 bridgehead atoms. The Morgan fingerprint density at radius 1 is 1.23 bits per heavy atom. The number of halogens is 1. The van der Waals surface area contributed by atoms with Gasteiger partial charge in [0.05, 0.1) is 24.0 Å². The molecule has 0 atom stereocenters. The number of nitrogens with zero attached hydrogens (tertiary/aromatic N) is 3. The van der Waals surface area contributed by atoms with E-state index in [4.69, 9.17) is 11.6 Å². The molecule has 1 heterocycles. The number of hydrogen-bond donors (Lipinski definition) is 2. The summed E-state index contributed by atoms with van der Waals surface area (Å²) >= 11 is 6.40. The van der Waals surface area contributed by atoms with Crippen LogP contribution in [0.1, 0.15) is 27.2 Å². The molecule has 0 aliphatic carbocycles. The molecule has 0 fully saturated rings. The third-order valence-electron chi connectivity index (χ3n) is 3.77. The van der Waals surface area contributed by atoms with E-state index >= 15 is 0 Å². The monoisotopic (exact) mass is 368 g/mol. The van der Waals surface area contributed by atoms with Gasteiger partial charge in [0.1, 0.15) is 10.9 Å². The highest BCUT2D eigenvalue weighted by atomic mass is 35.5. The normalized spacial score (nSPS) is 11.0. The number of aromatic hydroxyl groups is 1. The highest BCUT2D eigenvalue weighted by Crippen LogP contribution is 2.19. The molecule has 7 heteroatoms. The van der Waals surface area contributed by atoms with Crippen molar-refractivity contribution in [2.24, 2.45) is 5.10 Å². The molecule has 2 aromatic carbocycles. The van der Waals surface area contributed by atoms with E-state index in [0.717, 1.165) is 5.56 Å². The lowest BCUT2D eigenvalue weighted by Crippen LogP contribution is -2.17. The van der Waals surface area contributed by atoms with Gasteiger partial charge in [-0.1, -0.05) is 41.9 Å². The van der Waals surface area contributed by atoms with Crippen molar-refractivity contribution in [1.82, 2.24) is 15.2 Å². The van der Waals surface area contributed by atoms with E-state index in [1.807, 2.05) is 37.3 Å². The van der Waals surface area contributed by atoms with Crippen molar-refractivity contribution in [3.05, 3.63) is 82.1 Å². The van der Waals surface area contributed by atoms with E-state index in [0.29, 0.717) is 28.5 Å². The fourth-order valence-electron chi connectivity index (χ4n) is 2.41. The van der Waals surface area contributed by atoms with Gasteiger partial charge in [0.2, 0.25) is 0 Å². The highest BCUT2D eigenvalue weighted by Gasteiger charge is 2.12. The standard InChI is InChI=1S/C19H17ClN4O2/c1-13-17(11-21-22-19(26)15-7-9-16(25)10-8-15)18(20)24(23-13)12-14-5-3-2-4-6-14/h2-11,25H,12H2,1H3,(H,22,26)/b21-11+. The average Bonchev–Trinajstić information content (AvgIpc) is 2.90. The van der Waals surface area contributed by atoms with Crippen LogP contribution >= 0.6 is 11.6 Å². The van der Waals surface area contributed by atoms with Gasteiger partial charge in [-0.25, -0.2) is 10.1 Å². The molecule has 6 nitrogen and oxygen atoms in total. The molecule has 1 amide bonds. The summed E-state index contributed by atoms with van der Waals surface area (Å²) in [5.41, 5.74) is 5.27. The minimum absolute atomic E-state index is 0.0956. The maximum absolute atomic E-state index is 12.0. The summed E-state index contributed by atoms with van der Waals surface area (Å²) in [5.74, 6) is -0.287. The number of hydrogen-bond acceptors (Lipinski definition) is 4. The van der Waals surface area contributed by atoms with Gasteiger partial charge in [0.25, 0.3) is 5.91 Å². The number of carbonyl (C=O) groups is 1. The first-order valence-electron chi connectivity index (χ1n) is 7.94. The van der Waals surface area contributed by atoms with Gasteiger partial charge >= 0.3 is 0 Å². The fraction of sp³-hybridized carbons (Fsp3) is 0.105. The molecule has 0 saturated heterocycles. The number of nitrogens with one attached hydrogen (secondary N) is 1. The number of aryl methyl sites for hydroxylation is 1.